The van der Waals surface area contributed by atoms with E-state index in [1.807, 2.05) is 11.8 Å². The fraction of sp³-hybridized carbons (Fsp3) is 0.917. The minimum Gasteiger partial charge on any atom is -0.444 e. The molecule has 1 rings (SSSR count). The van der Waals surface area contributed by atoms with Gasteiger partial charge in [-0.05, 0) is 26.2 Å². The molecule has 1 saturated heterocycles. The zero-order valence-electron chi connectivity index (χ0n) is 10.2. The first-order chi connectivity index (χ1) is 7.24. The molecule has 0 saturated carbocycles. The van der Waals surface area contributed by atoms with Gasteiger partial charge in [-0.15, -0.1) is 0 Å². The number of carbonyl (C=O) groups excluding carboxylic acids is 1. The van der Waals surface area contributed by atoms with Crippen molar-refractivity contribution in [1.29, 1.82) is 0 Å². The maximum absolute atomic E-state index is 11.5. The lowest BCUT2D eigenvalue weighted by atomic mass is 10.0. The lowest BCUT2D eigenvalue weighted by Gasteiger charge is -2.21. The van der Waals surface area contributed by atoms with Crippen LogP contribution in [-0.2, 0) is 4.74 Å². The molecule has 0 aromatic carbocycles. The van der Waals surface area contributed by atoms with Crippen LogP contribution in [0.15, 0.2) is 0 Å². The van der Waals surface area contributed by atoms with E-state index in [9.17, 15) is 4.79 Å². The van der Waals surface area contributed by atoms with Crippen molar-refractivity contribution < 1.29 is 9.53 Å². The number of ether oxygens (including phenoxy) is 1. The fourth-order valence-corrected chi connectivity index (χ4v) is 2.31. The summed E-state index contributed by atoms with van der Waals surface area (Å²) in [6.45, 7) is 7.10. The van der Waals surface area contributed by atoms with E-state index in [2.05, 4.69) is 13.8 Å². The molecule has 1 fully saturated rings. The molecule has 0 N–H and O–H groups in total. The van der Waals surface area contributed by atoms with Gasteiger partial charge in [-0.25, -0.2) is 4.79 Å². The van der Waals surface area contributed by atoms with Gasteiger partial charge in [0.15, 0.2) is 0 Å². The zero-order valence-corrected chi connectivity index (χ0v) is 10.2. The smallest absolute Gasteiger partial charge is 0.410 e. The molecule has 15 heavy (non-hydrogen) atoms. The highest BCUT2D eigenvalue weighted by molar-refractivity contribution is 5.70. The van der Waals surface area contributed by atoms with Crippen molar-refractivity contribution in [2.24, 2.45) is 0 Å². The van der Waals surface area contributed by atoms with Gasteiger partial charge in [-0.3, -0.25) is 0 Å². The summed E-state index contributed by atoms with van der Waals surface area (Å²) in [4.78, 5) is 13.4. The highest BCUT2D eigenvalue weighted by Crippen LogP contribution is 2.25. The molecule has 0 aromatic heterocycles. The van der Waals surface area contributed by atoms with E-state index in [0.717, 1.165) is 19.4 Å². The molecule has 0 aromatic rings. The molecule has 2 unspecified atom stereocenters. The standard InChI is InChI=1S/C12H23NO2/c1-4-7-8-9-11-10(5-2)13(6-3)12(14)15-11/h10-11H,4-9H2,1-3H3. The minimum atomic E-state index is -0.120. The summed E-state index contributed by atoms with van der Waals surface area (Å²) in [6, 6.07) is 0.305. The van der Waals surface area contributed by atoms with Gasteiger partial charge in [0.05, 0.1) is 6.04 Å². The summed E-state index contributed by atoms with van der Waals surface area (Å²) in [5, 5.41) is 0. The lowest BCUT2D eigenvalue weighted by Crippen LogP contribution is -2.35. The van der Waals surface area contributed by atoms with Crippen LogP contribution in [0.2, 0.25) is 0 Å². The molecule has 0 spiro atoms. The van der Waals surface area contributed by atoms with E-state index >= 15 is 0 Å². The Morgan fingerprint density at radius 3 is 2.53 bits per heavy atom. The van der Waals surface area contributed by atoms with Crippen LogP contribution < -0.4 is 0 Å². The Bertz CT molecular complexity index is 206. The van der Waals surface area contributed by atoms with Crippen LogP contribution >= 0.6 is 0 Å². The summed E-state index contributed by atoms with van der Waals surface area (Å²) in [7, 11) is 0. The minimum absolute atomic E-state index is 0.120. The number of carbonyl (C=O) groups is 1. The monoisotopic (exact) mass is 213 g/mol. The number of rotatable bonds is 6. The third-order valence-corrected chi connectivity index (χ3v) is 3.17. The van der Waals surface area contributed by atoms with Crippen LogP contribution in [-0.4, -0.2) is 29.7 Å². The van der Waals surface area contributed by atoms with Crippen LogP contribution in [0.4, 0.5) is 4.79 Å². The summed E-state index contributed by atoms with van der Waals surface area (Å²) >= 11 is 0. The highest BCUT2D eigenvalue weighted by Gasteiger charge is 2.38. The Balaban J connectivity index is 2.47. The van der Waals surface area contributed by atoms with Crippen molar-refractivity contribution in [3.63, 3.8) is 0 Å². The van der Waals surface area contributed by atoms with Gasteiger partial charge in [0.2, 0.25) is 0 Å². The van der Waals surface area contributed by atoms with Gasteiger partial charge < -0.3 is 9.64 Å². The van der Waals surface area contributed by atoms with Crippen molar-refractivity contribution in [2.75, 3.05) is 6.54 Å². The van der Waals surface area contributed by atoms with Crippen LogP contribution in [0.25, 0.3) is 0 Å². The van der Waals surface area contributed by atoms with Crippen molar-refractivity contribution in [3.05, 3.63) is 0 Å². The Morgan fingerprint density at radius 2 is 2.00 bits per heavy atom. The van der Waals surface area contributed by atoms with Crippen LogP contribution in [0, 0.1) is 0 Å². The number of hydrogen-bond donors (Lipinski definition) is 0. The summed E-state index contributed by atoms with van der Waals surface area (Å²) in [5.41, 5.74) is 0. The van der Waals surface area contributed by atoms with Crippen LogP contribution in [0.3, 0.4) is 0 Å². The quantitative estimate of drug-likeness (QED) is 0.634. The van der Waals surface area contributed by atoms with E-state index in [4.69, 9.17) is 4.74 Å². The molecular weight excluding hydrogens is 190 g/mol. The molecule has 3 heteroatoms. The molecule has 3 nitrogen and oxygen atoms in total. The van der Waals surface area contributed by atoms with E-state index in [0.29, 0.717) is 6.04 Å². The van der Waals surface area contributed by atoms with Gasteiger partial charge in [0.25, 0.3) is 0 Å². The number of unbranched alkanes of at least 4 members (excludes halogenated alkanes) is 2. The van der Waals surface area contributed by atoms with Crippen molar-refractivity contribution >= 4 is 6.09 Å². The molecule has 2 atom stereocenters. The Labute approximate surface area is 92.8 Å². The number of hydrogen-bond acceptors (Lipinski definition) is 2. The van der Waals surface area contributed by atoms with Crippen molar-refractivity contribution in [1.82, 2.24) is 4.90 Å². The topological polar surface area (TPSA) is 29.5 Å². The zero-order chi connectivity index (χ0) is 11.3. The number of amides is 1. The largest absolute Gasteiger partial charge is 0.444 e. The average Bonchev–Trinajstić information content (AvgIpc) is 2.54. The van der Waals surface area contributed by atoms with E-state index in [1.54, 1.807) is 0 Å². The van der Waals surface area contributed by atoms with Crippen molar-refractivity contribution in [2.45, 2.75) is 65.0 Å². The van der Waals surface area contributed by atoms with Gasteiger partial charge in [0, 0.05) is 6.54 Å². The SMILES string of the molecule is CCCCCC1OC(=O)N(CC)C1CC. The maximum atomic E-state index is 11.5. The predicted molar refractivity (Wildman–Crippen MR) is 60.9 cm³/mol. The van der Waals surface area contributed by atoms with E-state index < -0.39 is 0 Å². The van der Waals surface area contributed by atoms with Crippen LogP contribution in [0.5, 0.6) is 0 Å². The molecule has 0 bridgehead atoms. The molecule has 1 amide bonds. The Hall–Kier alpha value is -0.730. The number of cyclic esters (lactones) is 1. The molecule has 1 aliphatic heterocycles. The van der Waals surface area contributed by atoms with Crippen molar-refractivity contribution in [3.8, 4) is 0 Å². The summed E-state index contributed by atoms with van der Waals surface area (Å²) in [5.74, 6) is 0. The second kappa shape index (κ2) is 5.99. The molecular formula is C12H23NO2. The summed E-state index contributed by atoms with van der Waals surface area (Å²) < 4.78 is 5.40. The molecule has 1 heterocycles. The van der Waals surface area contributed by atoms with Gasteiger partial charge in [0.1, 0.15) is 6.10 Å². The second-order valence-electron chi connectivity index (χ2n) is 4.18. The fourth-order valence-electron chi connectivity index (χ4n) is 2.31. The third kappa shape index (κ3) is 2.86. The Morgan fingerprint density at radius 1 is 1.27 bits per heavy atom. The number of nitrogens with zero attached hydrogens (tertiary/aromatic N) is 1. The first-order valence-electron chi connectivity index (χ1n) is 6.21. The normalized spacial score (nSPS) is 25.8. The number of likely N-dealkylation sites (N-methyl/N-ethyl adjacent to an activating group) is 1. The van der Waals surface area contributed by atoms with Gasteiger partial charge in [-0.2, -0.15) is 0 Å². The lowest BCUT2D eigenvalue weighted by molar-refractivity contribution is 0.123. The van der Waals surface area contributed by atoms with E-state index in [-0.39, 0.29) is 12.2 Å². The second-order valence-corrected chi connectivity index (χ2v) is 4.18. The maximum Gasteiger partial charge on any atom is 0.410 e. The molecule has 0 radical (unpaired) electrons. The predicted octanol–water partition coefficient (Wildman–Crippen LogP) is 3.19. The molecule has 88 valence electrons. The molecule has 1 aliphatic rings. The highest BCUT2D eigenvalue weighted by atomic mass is 16.6. The Kier molecular flexibility index (Phi) is 4.92. The van der Waals surface area contributed by atoms with E-state index in [1.165, 1.54) is 19.3 Å². The summed E-state index contributed by atoms with van der Waals surface area (Å²) in [6.07, 6.45) is 5.65. The van der Waals surface area contributed by atoms with Crippen LogP contribution in [0.1, 0.15) is 52.9 Å². The molecule has 0 aliphatic carbocycles. The van der Waals surface area contributed by atoms with Gasteiger partial charge >= 0.3 is 6.09 Å². The van der Waals surface area contributed by atoms with Gasteiger partial charge in [-0.1, -0.05) is 26.7 Å². The third-order valence-electron chi connectivity index (χ3n) is 3.17. The first kappa shape index (κ1) is 12.3. The average molecular weight is 213 g/mol. The first-order valence-corrected chi connectivity index (χ1v) is 6.21.